The van der Waals surface area contributed by atoms with Crippen molar-refractivity contribution < 1.29 is 19.1 Å². The van der Waals surface area contributed by atoms with Crippen molar-refractivity contribution in [2.24, 2.45) is 5.92 Å². The average molecular weight is 356 g/mol. The van der Waals surface area contributed by atoms with Gasteiger partial charge in [0.05, 0.1) is 13.2 Å². The Morgan fingerprint density at radius 3 is 2.16 bits per heavy atom. The molecule has 0 bridgehead atoms. The maximum absolute atomic E-state index is 12.2. The van der Waals surface area contributed by atoms with Crippen LogP contribution < -0.4 is 5.32 Å². The Morgan fingerprint density at radius 2 is 1.60 bits per heavy atom. The molecule has 0 radical (unpaired) electrons. The van der Waals surface area contributed by atoms with E-state index in [2.05, 4.69) is 11.9 Å². The van der Waals surface area contributed by atoms with Gasteiger partial charge in [0.25, 0.3) is 0 Å². The predicted octanol–water partition coefficient (Wildman–Crippen LogP) is 5.00. The van der Waals surface area contributed by atoms with Crippen LogP contribution >= 0.6 is 0 Å². The van der Waals surface area contributed by atoms with Crippen molar-refractivity contribution in [3.63, 3.8) is 0 Å². The van der Waals surface area contributed by atoms with Gasteiger partial charge in [0.2, 0.25) is 0 Å². The summed E-state index contributed by atoms with van der Waals surface area (Å²) >= 11 is 0. The summed E-state index contributed by atoms with van der Waals surface area (Å²) in [5.74, 6) is -0.362. The van der Waals surface area contributed by atoms with Crippen LogP contribution in [0.2, 0.25) is 0 Å². The van der Waals surface area contributed by atoms with E-state index >= 15 is 0 Å². The SMILES string of the molecule is C=CCCCCCCCCCOC(=O)[C@@H](NC(=O)OCC)C(C)CC. The summed E-state index contributed by atoms with van der Waals surface area (Å²) < 4.78 is 10.2. The number of esters is 1. The van der Waals surface area contributed by atoms with Gasteiger partial charge in [0, 0.05) is 0 Å². The predicted molar refractivity (Wildman–Crippen MR) is 101 cm³/mol. The van der Waals surface area contributed by atoms with E-state index in [1.54, 1.807) is 6.92 Å². The van der Waals surface area contributed by atoms with Crippen LogP contribution in [0.1, 0.15) is 78.6 Å². The van der Waals surface area contributed by atoms with E-state index in [0.29, 0.717) is 6.61 Å². The Bertz CT molecular complexity index is 371. The molecule has 0 aromatic carbocycles. The Labute approximate surface area is 153 Å². The molecular formula is C20H37NO4. The van der Waals surface area contributed by atoms with Crippen molar-refractivity contribution >= 4 is 12.1 Å². The van der Waals surface area contributed by atoms with Crippen molar-refractivity contribution in [2.45, 2.75) is 84.6 Å². The van der Waals surface area contributed by atoms with Crippen LogP contribution in [0.4, 0.5) is 4.79 Å². The molecule has 0 saturated heterocycles. The van der Waals surface area contributed by atoms with Gasteiger partial charge >= 0.3 is 12.1 Å². The van der Waals surface area contributed by atoms with Crippen molar-refractivity contribution in [1.29, 1.82) is 0 Å². The Hall–Kier alpha value is -1.52. The van der Waals surface area contributed by atoms with Crippen LogP contribution in [0.3, 0.4) is 0 Å². The van der Waals surface area contributed by atoms with Crippen LogP contribution in [0.25, 0.3) is 0 Å². The number of rotatable bonds is 15. The van der Waals surface area contributed by atoms with Crippen molar-refractivity contribution in [2.75, 3.05) is 13.2 Å². The highest BCUT2D eigenvalue weighted by molar-refractivity contribution is 5.81. The van der Waals surface area contributed by atoms with E-state index in [-0.39, 0.29) is 18.5 Å². The molecule has 5 nitrogen and oxygen atoms in total. The third kappa shape index (κ3) is 12.5. The summed E-state index contributed by atoms with van der Waals surface area (Å²) in [5.41, 5.74) is 0. The molecule has 25 heavy (non-hydrogen) atoms. The molecule has 5 heteroatoms. The molecule has 0 aromatic rings. The first-order chi connectivity index (χ1) is 12.1. The molecule has 1 unspecified atom stereocenters. The zero-order chi connectivity index (χ0) is 18.9. The second-order valence-electron chi connectivity index (χ2n) is 6.45. The topological polar surface area (TPSA) is 64.6 Å². The minimum Gasteiger partial charge on any atom is -0.464 e. The van der Waals surface area contributed by atoms with Crippen LogP contribution in [0, 0.1) is 5.92 Å². The number of allylic oxidation sites excluding steroid dienone is 1. The maximum atomic E-state index is 12.2. The first-order valence-electron chi connectivity index (χ1n) is 9.77. The smallest absolute Gasteiger partial charge is 0.407 e. The zero-order valence-electron chi connectivity index (χ0n) is 16.4. The lowest BCUT2D eigenvalue weighted by Gasteiger charge is -2.22. The van der Waals surface area contributed by atoms with Crippen molar-refractivity contribution in [1.82, 2.24) is 5.32 Å². The molecule has 2 atom stereocenters. The van der Waals surface area contributed by atoms with Crippen molar-refractivity contribution in [3.05, 3.63) is 12.7 Å². The largest absolute Gasteiger partial charge is 0.464 e. The maximum Gasteiger partial charge on any atom is 0.407 e. The lowest BCUT2D eigenvalue weighted by Crippen LogP contribution is -2.46. The second kappa shape index (κ2) is 16.0. The van der Waals surface area contributed by atoms with Gasteiger partial charge < -0.3 is 14.8 Å². The summed E-state index contributed by atoms with van der Waals surface area (Å²) in [6, 6.07) is -0.645. The Balaban J connectivity index is 3.90. The highest BCUT2D eigenvalue weighted by Crippen LogP contribution is 2.12. The summed E-state index contributed by atoms with van der Waals surface area (Å²) in [6.45, 7) is 10.0. The summed E-state index contributed by atoms with van der Waals surface area (Å²) in [5, 5.41) is 2.61. The minimum absolute atomic E-state index is 0.00692. The van der Waals surface area contributed by atoms with Crippen LogP contribution in [-0.2, 0) is 14.3 Å². The quantitative estimate of drug-likeness (QED) is 0.255. The molecule has 0 heterocycles. The van der Waals surface area contributed by atoms with E-state index in [9.17, 15) is 9.59 Å². The van der Waals surface area contributed by atoms with Gasteiger partial charge in [-0.3, -0.25) is 0 Å². The lowest BCUT2D eigenvalue weighted by molar-refractivity contribution is -0.147. The Morgan fingerprint density at radius 1 is 1.00 bits per heavy atom. The lowest BCUT2D eigenvalue weighted by atomic mass is 9.99. The fourth-order valence-electron chi connectivity index (χ4n) is 2.51. The van der Waals surface area contributed by atoms with Gasteiger partial charge in [-0.25, -0.2) is 9.59 Å². The van der Waals surface area contributed by atoms with Crippen LogP contribution in [-0.4, -0.2) is 31.3 Å². The molecule has 0 aliphatic heterocycles. The van der Waals surface area contributed by atoms with Gasteiger partial charge in [-0.15, -0.1) is 6.58 Å². The van der Waals surface area contributed by atoms with Crippen molar-refractivity contribution in [3.8, 4) is 0 Å². The van der Waals surface area contributed by atoms with E-state index in [1.165, 1.54) is 32.1 Å². The first-order valence-corrected chi connectivity index (χ1v) is 9.77. The number of carbonyl (C=O) groups excluding carboxylic acids is 2. The van der Waals surface area contributed by atoms with E-state index in [0.717, 1.165) is 25.7 Å². The molecule has 0 saturated carbocycles. The number of alkyl carbamates (subject to hydrolysis) is 1. The van der Waals surface area contributed by atoms with Gasteiger partial charge in [-0.05, 0) is 32.1 Å². The van der Waals surface area contributed by atoms with Crippen LogP contribution in [0.15, 0.2) is 12.7 Å². The number of amides is 1. The first kappa shape index (κ1) is 23.5. The van der Waals surface area contributed by atoms with Crippen LogP contribution in [0.5, 0.6) is 0 Å². The molecule has 0 fully saturated rings. The number of ether oxygens (including phenoxy) is 2. The molecule has 1 amide bonds. The fraction of sp³-hybridized carbons (Fsp3) is 0.800. The van der Waals surface area contributed by atoms with Gasteiger partial charge in [0.15, 0.2) is 0 Å². The number of hydrogen-bond acceptors (Lipinski definition) is 4. The highest BCUT2D eigenvalue weighted by atomic mass is 16.6. The molecule has 0 aliphatic carbocycles. The fourth-order valence-corrected chi connectivity index (χ4v) is 2.51. The van der Waals surface area contributed by atoms with Gasteiger partial charge in [0.1, 0.15) is 6.04 Å². The molecule has 0 spiro atoms. The highest BCUT2D eigenvalue weighted by Gasteiger charge is 2.27. The molecule has 0 aromatic heterocycles. The molecular weight excluding hydrogens is 318 g/mol. The third-order valence-corrected chi connectivity index (χ3v) is 4.31. The number of unbranched alkanes of at least 4 members (excludes halogenated alkanes) is 7. The number of nitrogens with one attached hydrogen (secondary N) is 1. The van der Waals surface area contributed by atoms with Gasteiger partial charge in [-0.2, -0.15) is 0 Å². The molecule has 0 aliphatic rings. The summed E-state index contributed by atoms with van der Waals surface area (Å²) in [6.07, 6.45) is 11.4. The monoisotopic (exact) mass is 355 g/mol. The standard InChI is InChI=1S/C20H37NO4/c1-5-8-9-10-11-12-13-14-15-16-25-19(22)18(17(4)6-2)21-20(23)24-7-3/h5,17-18H,1,6-16H2,2-4H3,(H,21,23)/t17?,18-/m0/s1. The van der Waals surface area contributed by atoms with E-state index < -0.39 is 12.1 Å². The van der Waals surface area contributed by atoms with E-state index in [4.69, 9.17) is 9.47 Å². The summed E-state index contributed by atoms with van der Waals surface area (Å²) in [4.78, 5) is 23.8. The summed E-state index contributed by atoms with van der Waals surface area (Å²) in [7, 11) is 0. The second-order valence-corrected chi connectivity index (χ2v) is 6.45. The normalized spacial score (nSPS) is 12.9. The molecule has 0 rings (SSSR count). The van der Waals surface area contributed by atoms with Gasteiger partial charge in [-0.1, -0.05) is 58.4 Å². The zero-order valence-corrected chi connectivity index (χ0v) is 16.4. The number of carbonyl (C=O) groups is 2. The third-order valence-electron chi connectivity index (χ3n) is 4.31. The molecule has 1 N–H and O–H groups in total. The average Bonchev–Trinajstić information content (AvgIpc) is 2.60. The van der Waals surface area contributed by atoms with E-state index in [1.807, 2.05) is 19.9 Å². The Kier molecular flexibility index (Phi) is 15.0. The minimum atomic E-state index is -0.645. The molecule has 146 valence electrons. The number of hydrogen-bond donors (Lipinski definition) is 1.